The van der Waals surface area contributed by atoms with Gasteiger partial charge in [0.2, 0.25) is 12.7 Å². The molecule has 3 rings (SSSR count). The van der Waals surface area contributed by atoms with Gasteiger partial charge in [0.25, 0.3) is 5.91 Å². The van der Waals surface area contributed by atoms with E-state index in [-0.39, 0.29) is 18.6 Å². The zero-order valence-electron chi connectivity index (χ0n) is 12.0. The number of ether oxygens (including phenoxy) is 2. The first kappa shape index (κ1) is 13.7. The van der Waals surface area contributed by atoms with Gasteiger partial charge in [-0.05, 0) is 24.6 Å². The van der Waals surface area contributed by atoms with Crippen LogP contribution < -0.4 is 9.47 Å². The normalized spacial score (nSPS) is 17.6. The van der Waals surface area contributed by atoms with Crippen molar-refractivity contribution < 1.29 is 19.1 Å². The van der Waals surface area contributed by atoms with Crippen LogP contribution in [0.25, 0.3) is 0 Å². The van der Waals surface area contributed by atoms with Crippen LogP contribution >= 0.6 is 0 Å². The first-order chi connectivity index (χ1) is 10.1. The van der Waals surface area contributed by atoms with Crippen LogP contribution in [0.3, 0.4) is 0 Å². The third kappa shape index (κ3) is 2.79. The van der Waals surface area contributed by atoms with E-state index in [9.17, 15) is 9.59 Å². The first-order valence-corrected chi connectivity index (χ1v) is 7.09. The molecule has 0 unspecified atom stereocenters. The maximum absolute atomic E-state index is 12.6. The summed E-state index contributed by atoms with van der Waals surface area (Å²) in [6, 6.07) is 5.23. The number of benzene rings is 1. The van der Waals surface area contributed by atoms with Gasteiger partial charge in [0.15, 0.2) is 11.5 Å². The highest BCUT2D eigenvalue weighted by Crippen LogP contribution is 2.32. The summed E-state index contributed by atoms with van der Waals surface area (Å²) in [4.78, 5) is 27.5. The summed E-state index contributed by atoms with van der Waals surface area (Å²) in [5.41, 5.74) is 0.593. The van der Waals surface area contributed by atoms with E-state index >= 15 is 0 Å². The highest BCUT2D eigenvalue weighted by atomic mass is 16.7. The molecule has 0 N–H and O–H groups in total. The highest BCUT2D eigenvalue weighted by molar-refractivity contribution is 5.95. The molecule has 6 heteroatoms. The van der Waals surface area contributed by atoms with Crippen molar-refractivity contribution in [3.05, 3.63) is 23.8 Å². The molecule has 2 amide bonds. The van der Waals surface area contributed by atoms with E-state index in [1.54, 1.807) is 34.9 Å². The molecular weight excluding hydrogens is 272 g/mol. The third-order valence-electron chi connectivity index (χ3n) is 3.85. The lowest BCUT2D eigenvalue weighted by atomic mass is 10.1. The SMILES string of the molecule is CC(=O)N1CCCN(C(=O)c2ccc3c(c2)OCO3)CC1. The second kappa shape index (κ2) is 5.63. The van der Waals surface area contributed by atoms with Crippen LogP contribution in [0.2, 0.25) is 0 Å². The summed E-state index contributed by atoms with van der Waals surface area (Å²) in [5.74, 6) is 1.32. The van der Waals surface area contributed by atoms with Gasteiger partial charge in [0.05, 0.1) is 0 Å². The van der Waals surface area contributed by atoms with Crippen LogP contribution in [-0.4, -0.2) is 54.6 Å². The minimum Gasteiger partial charge on any atom is -0.454 e. The predicted octanol–water partition coefficient (Wildman–Crippen LogP) is 1.11. The standard InChI is InChI=1S/C15H18N2O4/c1-11(18)16-5-2-6-17(8-7-16)15(19)12-3-4-13-14(9-12)21-10-20-13/h3-4,9H,2,5-8,10H2,1H3. The summed E-state index contributed by atoms with van der Waals surface area (Å²) < 4.78 is 10.6. The first-order valence-electron chi connectivity index (χ1n) is 7.09. The predicted molar refractivity (Wildman–Crippen MR) is 75.3 cm³/mol. The molecule has 2 heterocycles. The molecule has 2 aliphatic heterocycles. The van der Waals surface area contributed by atoms with Crippen molar-refractivity contribution >= 4 is 11.8 Å². The van der Waals surface area contributed by atoms with Crippen molar-refractivity contribution in [2.45, 2.75) is 13.3 Å². The molecule has 112 valence electrons. The summed E-state index contributed by atoms with van der Waals surface area (Å²) in [6.07, 6.45) is 0.801. The van der Waals surface area contributed by atoms with Crippen molar-refractivity contribution in [1.82, 2.24) is 9.80 Å². The van der Waals surface area contributed by atoms with Gasteiger partial charge < -0.3 is 19.3 Å². The smallest absolute Gasteiger partial charge is 0.254 e. The van der Waals surface area contributed by atoms with Gasteiger partial charge in [0.1, 0.15) is 0 Å². The molecule has 6 nitrogen and oxygen atoms in total. The maximum Gasteiger partial charge on any atom is 0.254 e. The number of amides is 2. The Bertz CT molecular complexity index is 573. The lowest BCUT2D eigenvalue weighted by Crippen LogP contribution is -2.36. The maximum atomic E-state index is 12.6. The number of hydrogen-bond acceptors (Lipinski definition) is 4. The van der Waals surface area contributed by atoms with Crippen molar-refractivity contribution in [3.63, 3.8) is 0 Å². The molecule has 0 radical (unpaired) electrons. The topological polar surface area (TPSA) is 59.1 Å². The van der Waals surface area contributed by atoms with Crippen LogP contribution in [0.5, 0.6) is 11.5 Å². The number of carbonyl (C=O) groups is 2. The quantitative estimate of drug-likeness (QED) is 0.777. The van der Waals surface area contributed by atoms with Gasteiger partial charge in [0, 0.05) is 38.7 Å². The zero-order valence-corrected chi connectivity index (χ0v) is 12.0. The van der Waals surface area contributed by atoms with E-state index in [1.165, 1.54) is 0 Å². The van der Waals surface area contributed by atoms with Crippen molar-refractivity contribution in [2.75, 3.05) is 33.0 Å². The molecule has 0 saturated carbocycles. The van der Waals surface area contributed by atoms with Crippen LogP contribution in [0.4, 0.5) is 0 Å². The summed E-state index contributed by atoms with van der Waals surface area (Å²) in [7, 11) is 0. The molecule has 1 saturated heterocycles. The number of rotatable bonds is 1. The van der Waals surface area contributed by atoms with Crippen LogP contribution in [0.15, 0.2) is 18.2 Å². The fourth-order valence-electron chi connectivity index (χ4n) is 2.65. The van der Waals surface area contributed by atoms with Gasteiger partial charge in [-0.15, -0.1) is 0 Å². The van der Waals surface area contributed by atoms with Crippen molar-refractivity contribution in [3.8, 4) is 11.5 Å². The van der Waals surface area contributed by atoms with Gasteiger partial charge >= 0.3 is 0 Å². The third-order valence-corrected chi connectivity index (χ3v) is 3.85. The van der Waals surface area contributed by atoms with Gasteiger partial charge in [-0.25, -0.2) is 0 Å². The fraction of sp³-hybridized carbons (Fsp3) is 0.467. The average Bonchev–Trinajstić information content (AvgIpc) is 2.80. The number of carbonyl (C=O) groups excluding carboxylic acids is 2. The average molecular weight is 290 g/mol. The lowest BCUT2D eigenvalue weighted by molar-refractivity contribution is -0.128. The zero-order chi connectivity index (χ0) is 14.8. The molecule has 0 aromatic heterocycles. The lowest BCUT2D eigenvalue weighted by Gasteiger charge is -2.21. The van der Waals surface area contributed by atoms with Gasteiger partial charge in [-0.3, -0.25) is 9.59 Å². The number of nitrogens with zero attached hydrogens (tertiary/aromatic N) is 2. The molecule has 0 spiro atoms. The molecule has 0 bridgehead atoms. The molecular formula is C15H18N2O4. The van der Waals surface area contributed by atoms with E-state index in [4.69, 9.17) is 9.47 Å². The van der Waals surface area contributed by atoms with Crippen molar-refractivity contribution in [2.24, 2.45) is 0 Å². The van der Waals surface area contributed by atoms with Crippen LogP contribution in [-0.2, 0) is 4.79 Å². The Morgan fingerprint density at radius 3 is 2.52 bits per heavy atom. The Morgan fingerprint density at radius 1 is 1.00 bits per heavy atom. The Labute approximate surface area is 123 Å². The van der Waals surface area contributed by atoms with E-state index in [1.807, 2.05) is 0 Å². The Kier molecular flexibility index (Phi) is 3.68. The number of fused-ring (bicyclic) bond motifs is 1. The Hall–Kier alpha value is -2.24. The molecule has 2 aliphatic rings. The fourth-order valence-corrected chi connectivity index (χ4v) is 2.65. The van der Waals surface area contributed by atoms with Crippen LogP contribution in [0.1, 0.15) is 23.7 Å². The van der Waals surface area contributed by atoms with Gasteiger partial charge in [-0.2, -0.15) is 0 Å². The summed E-state index contributed by atoms with van der Waals surface area (Å²) in [6.45, 7) is 4.29. The molecule has 0 aliphatic carbocycles. The van der Waals surface area contributed by atoms with Crippen LogP contribution in [0, 0.1) is 0 Å². The second-order valence-corrected chi connectivity index (χ2v) is 5.22. The Morgan fingerprint density at radius 2 is 1.71 bits per heavy atom. The van der Waals surface area contributed by atoms with Gasteiger partial charge in [-0.1, -0.05) is 0 Å². The Balaban J connectivity index is 1.71. The summed E-state index contributed by atoms with van der Waals surface area (Å²) >= 11 is 0. The highest BCUT2D eigenvalue weighted by Gasteiger charge is 2.23. The van der Waals surface area contributed by atoms with E-state index in [2.05, 4.69) is 0 Å². The molecule has 21 heavy (non-hydrogen) atoms. The minimum absolute atomic E-state index is 0.0290. The second-order valence-electron chi connectivity index (χ2n) is 5.22. The largest absolute Gasteiger partial charge is 0.454 e. The number of hydrogen-bond donors (Lipinski definition) is 0. The summed E-state index contributed by atoms with van der Waals surface area (Å²) in [5, 5.41) is 0. The van der Waals surface area contributed by atoms with Crippen molar-refractivity contribution in [1.29, 1.82) is 0 Å². The monoisotopic (exact) mass is 290 g/mol. The van der Waals surface area contributed by atoms with E-state index in [0.717, 1.165) is 6.42 Å². The molecule has 1 aromatic carbocycles. The van der Waals surface area contributed by atoms with E-state index in [0.29, 0.717) is 43.2 Å². The minimum atomic E-state index is -0.0290. The molecule has 1 aromatic rings. The molecule has 0 atom stereocenters. The molecule has 1 fully saturated rings. The van der Waals surface area contributed by atoms with E-state index < -0.39 is 0 Å².